The van der Waals surface area contributed by atoms with Crippen molar-refractivity contribution in [3.05, 3.63) is 47.0 Å². The lowest BCUT2D eigenvalue weighted by Gasteiger charge is -2.05. The van der Waals surface area contributed by atoms with Crippen LogP contribution in [0.3, 0.4) is 0 Å². The third-order valence-electron chi connectivity index (χ3n) is 2.65. The van der Waals surface area contributed by atoms with Gasteiger partial charge in [-0.2, -0.15) is 0 Å². The molecule has 2 aromatic rings. The summed E-state index contributed by atoms with van der Waals surface area (Å²) in [5.74, 6) is -0.899. The van der Waals surface area contributed by atoms with E-state index in [1.165, 1.54) is 16.9 Å². The lowest BCUT2D eigenvalue weighted by atomic mass is 10.1. The number of hydrogen-bond acceptors (Lipinski definition) is 3. The van der Waals surface area contributed by atoms with Crippen LogP contribution in [0.15, 0.2) is 24.4 Å². The maximum atomic E-state index is 13.7. The first-order chi connectivity index (χ1) is 8.63. The number of nitrogens with zero attached hydrogens (tertiary/aromatic N) is 3. The van der Waals surface area contributed by atoms with E-state index in [-0.39, 0.29) is 11.3 Å². The summed E-state index contributed by atoms with van der Waals surface area (Å²) in [6.45, 7) is 4.38. The minimum absolute atomic E-state index is 0.0645. The van der Waals surface area contributed by atoms with Crippen molar-refractivity contribution in [1.82, 2.24) is 15.0 Å². The Balaban J connectivity index is 2.41. The van der Waals surface area contributed by atoms with Gasteiger partial charge in [-0.15, -0.1) is 5.10 Å². The molecule has 18 heavy (non-hydrogen) atoms. The molecule has 0 N–H and O–H groups in total. The summed E-state index contributed by atoms with van der Waals surface area (Å²) in [6.07, 6.45) is 2.21. The molecule has 94 valence electrons. The normalized spacial score (nSPS) is 10.6. The molecule has 4 nitrogen and oxygen atoms in total. The number of rotatable bonds is 4. The van der Waals surface area contributed by atoms with Gasteiger partial charge in [-0.25, -0.2) is 9.07 Å². The first-order valence-electron chi connectivity index (χ1n) is 5.82. The summed E-state index contributed by atoms with van der Waals surface area (Å²) in [5.41, 5.74) is 1.23. The molecular formula is C13H14FN3O. The highest BCUT2D eigenvalue weighted by Crippen LogP contribution is 2.15. The van der Waals surface area contributed by atoms with Gasteiger partial charge in [-0.05, 0) is 25.5 Å². The van der Waals surface area contributed by atoms with Crippen molar-refractivity contribution in [2.45, 2.75) is 26.8 Å². The molecule has 2 rings (SSSR count). The van der Waals surface area contributed by atoms with E-state index in [1.54, 1.807) is 12.1 Å². The van der Waals surface area contributed by atoms with Crippen LogP contribution in [0, 0.1) is 12.7 Å². The number of ketones is 1. The van der Waals surface area contributed by atoms with Crippen molar-refractivity contribution < 1.29 is 9.18 Å². The Morgan fingerprint density at radius 1 is 1.44 bits per heavy atom. The van der Waals surface area contributed by atoms with Crippen LogP contribution in [0.4, 0.5) is 4.39 Å². The van der Waals surface area contributed by atoms with E-state index < -0.39 is 5.82 Å². The van der Waals surface area contributed by atoms with Crippen molar-refractivity contribution in [3.63, 3.8) is 0 Å². The zero-order valence-electron chi connectivity index (χ0n) is 10.4. The standard InChI is InChI=1S/C13H14FN3O/c1-3-6-17-12(8-15-16-17)13(18)10-7-9(2)4-5-11(10)14/h4-5,7-8H,3,6H2,1-2H3. The summed E-state index contributed by atoms with van der Waals surface area (Å²) in [6, 6.07) is 4.48. The quantitative estimate of drug-likeness (QED) is 0.779. The average Bonchev–Trinajstić information content (AvgIpc) is 2.80. The summed E-state index contributed by atoms with van der Waals surface area (Å²) in [4.78, 5) is 12.2. The summed E-state index contributed by atoms with van der Waals surface area (Å²) in [7, 11) is 0. The van der Waals surface area contributed by atoms with E-state index >= 15 is 0 Å². The van der Waals surface area contributed by atoms with Gasteiger partial charge in [0.2, 0.25) is 5.78 Å². The Labute approximate surface area is 104 Å². The minimum Gasteiger partial charge on any atom is -0.287 e. The molecule has 1 aromatic heterocycles. The van der Waals surface area contributed by atoms with Gasteiger partial charge in [0.1, 0.15) is 11.5 Å². The van der Waals surface area contributed by atoms with Crippen molar-refractivity contribution >= 4 is 5.78 Å². The van der Waals surface area contributed by atoms with Gasteiger partial charge in [-0.3, -0.25) is 4.79 Å². The predicted octanol–water partition coefficient (Wildman–Crippen LogP) is 2.37. The lowest BCUT2D eigenvalue weighted by molar-refractivity contribution is 0.102. The van der Waals surface area contributed by atoms with Gasteiger partial charge in [0, 0.05) is 6.54 Å². The smallest absolute Gasteiger partial charge is 0.215 e. The highest BCUT2D eigenvalue weighted by molar-refractivity contribution is 6.07. The third kappa shape index (κ3) is 2.30. The highest BCUT2D eigenvalue weighted by Gasteiger charge is 2.18. The molecular weight excluding hydrogens is 233 g/mol. The highest BCUT2D eigenvalue weighted by atomic mass is 19.1. The second-order valence-electron chi connectivity index (χ2n) is 4.15. The molecule has 5 heteroatoms. The first kappa shape index (κ1) is 12.4. The first-order valence-corrected chi connectivity index (χ1v) is 5.82. The SMILES string of the molecule is CCCn1nncc1C(=O)c1cc(C)ccc1F. The van der Waals surface area contributed by atoms with E-state index in [2.05, 4.69) is 10.3 Å². The number of carbonyl (C=O) groups excluding carboxylic acids is 1. The molecule has 0 aliphatic rings. The van der Waals surface area contributed by atoms with Crippen molar-refractivity contribution in [3.8, 4) is 0 Å². The van der Waals surface area contributed by atoms with Gasteiger partial charge in [0.25, 0.3) is 0 Å². The van der Waals surface area contributed by atoms with E-state index in [1.807, 2.05) is 13.8 Å². The maximum absolute atomic E-state index is 13.7. The maximum Gasteiger partial charge on any atom is 0.215 e. The molecule has 0 atom stereocenters. The molecule has 0 spiro atoms. The molecule has 1 heterocycles. The van der Waals surface area contributed by atoms with Crippen LogP contribution in [-0.4, -0.2) is 20.8 Å². The largest absolute Gasteiger partial charge is 0.287 e. The molecule has 0 saturated carbocycles. The Morgan fingerprint density at radius 2 is 2.22 bits per heavy atom. The number of carbonyl (C=O) groups is 1. The van der Waals surface area contributed by atoms with E-state index in [9.17, 15) is 9.18 Å². The van der Waals surface area contributed by atoms with E-state index in [4.69, 9.17) is 0 Å². The van der Waals surface area contributed by atoms with Crippen LogP contribution in [0.5, 0.6) is 0 Å². The average molecular weight is 247 g/mol. The van der Waals surface area contributed by atoms with Gasteiger partial charge >= 0.3 is 0 Å². The number of aryl methyl sites for hydroxylation is 2. The van der Waals surface area contributed by atoms with Crippen LogP contribution in [0.25, 0.3) is 0 Å². The van der Waals surface area contributed by atoms with Gasteiger partial charge in [0.05, 0.1) is 11.8 Å². The number of benzene rings is 1. The Bertz CT molecular complexity index is 577. The summed E-state index contributed by atoms with van der Waals surface area (Å²) in [5, 5.41) is 7.54. The molecule has 0 saturated heterocycles. The fourth-order valence-corrected chi connectivity index (χ4v) is 1.76. The van der Waals surface area contributed by atoms with Crippen molar-refractivity contribution in [1.29, 1.82) is 0 Å². The fraction of sp³-hybridized carbons (Fsp3) is 0.308. The van der Waals surface area contributed by atoms with Crippen LogP contribution >= 0.6 is 0 Å². The third-order valence-corrected chi connectivity index (χ3v) is 2.65. The van der Waals surface area contributed by atoms with Crippen LogP contribution < -0.4 is 0 Å². The molecule has 0 bridgehead atoms. The van der Waals surface area contributed by atoms with Crippen LogP contribution in [-0.2, 0) is 6.54 Å². The molecule has 0 fully saturated rings. The van der Waals surface area contributed by atoms with E-state index in [0.29, 0.717) is 12.2 Å². The minimum atomic E-state index is -0.519. The monoisotopic (exact) mass is 247 g/mol. The van der Waals surface area contributed by atoms with Crippen molar-refractivity contribution in [2.75, 3.05) is 0 Å². The Morgan fingerprint density at radius 3 is 2.94 bits per heavy atom. The molecule has 0 radical (unpaired) electrons. The number of hydrogen-bond donors (Lipinski definition) is 0. The van der Waals surface area contributed by atoms with Crippen molar-refractivity contribution in [2.24, 2.45) is 0 Å². The zero-order chi connectivity index (χ0) is 13.1. The van der Waals surface area contributed by atoms with Gasteiger partial charge in [0.15, 0.2) is 0 Å². The molecule has 0 unspecified atom stereocenters. The zero-order valence-corrected chi connectivity index (χ0v) is 10.4. The predicted molar refractivity (Wildman–Crippen MR) is 64.9 cm³/mol. The Hall–Kier alpha value is -2.04. The lowest BCUT2D eigenvalue weighted by Crippen LogP contribution is -2.13. The van der Waals surface area contributed by atoms with Gasteiger partial charge in [-0.1, -0.05) is 23.8 Å². The summed E-state index contributed by atoms with van der Waals surface area (Å²) >= 11 is 0. The fourth-order valence-electron chi connectivity index (χ4n) is 1.76. The van der Waals surface area contributed by atoms with Crippen LogP contribution in [0.2, 0.25) is 0 Å². The second kappa shape index (κ2) is 5.08. The molecule has 0 aliphatic heterocycles. The Kier molecular flexibility index (Phi) is 3.50. The molecule has 0 amide bonds. The topological polar surface area (TPSA) is 47.8 Å². The second-order valence-corrected chi connectivity index (χ2v) is 4.15. The summed E-state index contributed by atoms with van der Waals surface area (Å²) < 4.78 is 15.2. The van der Waals surface area contributed by atoms with E-state index in [0.717, 1.165) is 12.0 Å². The number of halogens is 1. The van der Waals surface area contributed by atoms with Gasteiger partial charge < -0.3 is 0 Å². The molecule has 1 aromatic carbocycles. The molecule has 0 aliphatic carbocycles. The number of aromatic nitrogens is 3. The van der Waals surface area contributed by atoms with Crippen LogP contribution in [0.1, 0.15) is 35.0 Å².